The van der Waals surface area contributed by atoms with Gasteiger partial charge in [-0.25, -0.2) is 8.78 Å². The first-order chi connectivity index (χ1) is 5.12. The highest BCUT2D eigenvalue weighted by Gasteiger charge is 2.26. The van der Waals surface area contributed by atoms with E-state index in [1.54, 1.807) is 0 Å². The van der Waals surface area contributed by atoms with Gasteiger partial charge in [-0.3, -0.25) is 0 Å². The molecule has 0 aromatic carbocycles. The minimum Gasteiger partial charge on any atom is -0.396 e. The standard InChI is InChI=1S/C7H15F2NO/c1-2-4-10-6-7(8,9)3-5-11/h10-11H,2-6H2,1H3. The zero-order valence-electron chi connectivity index (χ0n) is 6.74. The first kappa shape index (κ1) is 10.8. The van der Waals surface area contributed by atoms with Crippen LogP contribution in [0.3, 0.4) is 0 Å². The Bertz CT molecular complexity index is 98.4. The van der Waals surface area contributed by atoms with Crippen LogP contribution in [0.4, 0.5) is 8.78 Å². The molecule has 0 aromatic rings. The van der Waals surface area contributed by atoms with E-state index in [1.165, 1.54) is 0 Å². The summed E-state index contributed by atoms with van der Waals surface area (Å²) in [5.74, 6) is -2.76. The van der Waals surface area contributed by atoms with E-state index in [4.69, 9.17) is 5.11 Å². The van der Waals surface area contributed by atoms with Gasteiger partial charge < -0.3 is 10.4 Å². The quantitative estimate of drug-likeness (QED) is 0.578. The second-order valence-electron chi connectivity index (χ2n) is 2.51. The van der Waals surface area contributed by atoms with Crippen LogP contribution in [0.15, 0.2) is 0 Å². The van der Waals surface area contributed by atoms with E-state index in [1.807, 2.05) is 6.92 Å². The number of aliphatic hydroxyl groups excluding tert-OH is 1. The maximum Gasteiger partial charge on any atom is 0.262 e. The summed E-state index contributed by atoms with van der Waals surface area (Å²) in [5, 5.41) is 10.8. The molecule has 0 radical (unpaired) electrons. The van der Waals surface area contributed by atoms with Gasteiger partial charge in [0.15, 0.2) is 0 Å². The Morgan fingerprint density at radius 3 is 2.55 bits per heavy atom. The molecule has 0 unspecified atom stereocenters. The summed E-state index contributed by atoms with van der Waals surface area (Å²) in [6, 6.07) is 0. The van der Waals surface area contributed by atoms with Crippen LogP contribution in [0.1, 0.15) is 19.8 Å². The fourth-order valence-corrected chi connectivity index (χ4v) is 0.700. The Kier molecular flexibility index (Phi) is 5.32. The van der Waals surface area contributed by atoms with E-state index in [9.17, 15) is 8.78 Å². The van der Waals surface area contributed by atoms with Crippen molar-refractivity contribution in [2.24, 2.45) is 0 Å². The molecule has 0 fully saturated rings. The topological polar surface area (TPSA) is 32.3 Å². The molecule has 0 aliphatic carbocycles. The van der Waals surface area contributed by atoms with Crippen molar-refractivity contribution < 1.29 is 13.9 Å². The largest absolute Gasteiger partial charge is 0.396 e. The number of nitrogens with one attached hydrogen (secondary N) is 1. The van der Waals surface area contributed by atoms with E-state index in [-0.39, 0.29) is 6.54 Å². The Balaban J connectivity index is 3.38. The molecule has 0 atom stereocenters. The second kappa shape index (κ2) is 5.43. The van der Waals surface area contributed by atoms with Gasteiger partial charge in [0.25, 0.3) is 5.92 Å². The minimum absolute atomic E-state index is 0.332. The van der Waals surface area contributed by atoms with Gasteiger partial charge >= 0.3 is 0 Å². The smallest absolute Gasteiger partial charge is 0.262 e. The van der Waals surface area contributed by atoms with Crippen molar-refractivity contribution >= 4 is 0 Å². The van der Waals surface area contributed by atoms with Crippen molar-refractivity contribution in [2.45, 2.75) is 25.7 Å². The van der Waals surface area contributed by atoms with Gasteiger partial charge in [0.1, 0.15) is 0 Å². The predicted octanol–water partition coefficient (Wildman–Crippen LogP) is 1.00. The minimum atomic E-state index is -2.76. The average Bonchev–Trinajstić information content (AvgIpc) is 1.87. The van der Waals surface area contributed by atoms with E-state index < -0.39 is 19.0 Å². The van der Waals surface area contributed by atoms with Crippen LogP contribution < -0.4 is 5.32 Å². The third kappa shape index (κ3) is 6.19. The normalized spacial score (nSPS) is 12.0. The molecular formula is C7H15F2NO. The van der Waals surface area contributed by atoms with Gasteiger partial charge in [-0.15, -0.1) is 0 Å². The van der Waals surface area contributed by atoms with Gasteiger partial charge in [-0.2, -0.15) is 0 Å². The van der Waals surface area contributed by atoms with Crippen LogP contribution in [-0.2, 0) is 0 Å². The van der Waals surface area contributed by atoms with Gasteiger partial charge in [0.05, 0.1) is 6.54 Å². The summed E-state index contributed by atoms with van der Waals surface area (Å²) in [7, 11) is 0. The molecule has 11 heavy (non-hydrogen) atoms. The molecule has 0 saturated carbocycles. The summed E-state index contributed by atoms with van der Waals surface area (Å²) in [6.45, 7) is 1.72. The maximum absolute atomic E-state index is 12.5. The van der Waals surface area contributed by atoms with Gasteiger partial charge in [-0.05, 0) is 13.0 Å². The van der Waals surface area contributed by atoms with Crippen molar-refractivity contribution in [1.82, 2.24) is 5.32 Å². The fraction of sp³-hybridized carbons (Fsp3) is 1.00. The Hall–Kier alpha value is -0.220. The lowest BCUT2D eigenvalue weighted by Gasteiger charge is -2.14. The number of rotatable bonds is 6. The third-order valence-electron chi connectivity index (χ3n) is 1.29. The van der Waals surface area contributed by atoms with E-state index in [0.717, 1.165) is 6.42 Å². The van der Waals surface area contributed by atoms with E-state index in [0.29, 0.717) is 6.54 Å². The summed E-state index contributed by atoms with van der Waals surface area (Å²) in [6.07, 6.45) is 0.388. The molecular weight excluding hydrogens is 152 g/mol. The lowest BCUT2D eigenvalue weighted by Crippen LogP contribution is -2.33. The predicted molar refractivity (Wildman–Crippen MR) is 39.8 cm³/mol. The van der Waals surface area contributed by atoms with Gasteiger partial charge in [0.2, 0.25) is 0 Å². The molecule has 4 heteroatoms. The van der Waals surface area contributed by atoms with Crippen LogP contribution >= 0.6 is 0 Å². The summed E-state index contributed by atoms with van der Waals surface area (Å²) in [5.41, 5.74) is 0. The molecule has 0 saturated heterocycles. The molecule has 0 spiro atoms. The summed E-state index contributed by atoms with van der Waals surface area (Å²) in [4.78, 5) is 0. The number of aliphatic hydroxyl groups is 1. The number of alkyl halides is 2. The Morgan fingerprint density at radius 2 is 2.09 bits per heavy atom. The Morgan fingerprint density at radius 1 is 1.45 bits per heavy atom. The highest BCUT2D eigenvalue weighted by atomic mass is 19.3. The maximum atomic E-state index is 12.5. The van der Waals surface area contributed by atoms with Crippen LogP contribution in [-0.4, -0.2) is 30.7 Å². The molecule has 0 amide bonds. The monoisotopic (exact) mass is 167 g/mol. The second-order valence-corrected chi connectivity index (χ2v) is 2.51. The third-order valence-corrected chi connectivity index (χ3v) is 1.29. The van der Waals surface area contributed by atoms with Crippen molar-refractivity contribution in [2.75, 3.05) is 19.7 Å². The molecule has 0 bridgehead atoms. The molecule has 0 aliphatic heterocycles. The van der Waals surface area contributed by atoms with E-state index in [2.05, 4.69) is 5.32 Å². The van der Waals surface area contributed by atoms with Gasteiger partial charge in [-0.1, -0.05) is 6.92 Å². The zero-order valence-corrected chi connectivity index (χ0v) is 6.74. The SMILES string of the molecule is CCCNCC(F)(F)CCO. The molecule has 0 heterocycles. The lowest BCUT2D eigenvalue weighted by molar-refractivity contribution is -0.0195. The highest BCUT2D eigenvalue weighted by molar-refractivity contribution is 4.68. The van der Waals surface area contributed by atoms with Crippen LogP contribution in [0.25, 0.3) is 0 Å². The number of hydrogen-bond acceptors (Lipinski definition) is 2. The fourth-order valence-electron chi connectivity index (χ4n) is 0.700. The van der Waals surface area contributed by atoms with Crippen molar-refractivity contribution in [3.05, 3.63) is 0 Å². The number of hydrogen-bond donors (Lipinski definition) is 2. The summed E-state index contributed by atoms with van der Waals surface area (Å²) >= 11 is 0. The molecule has 2 nitrogen and oxygen atoms in total. The van der Waals surface area contributed by atoms with Crippen LogP contribution in [0.5, 0.6) is 0 Å². The summed E-state index contributed by atoms with van der Waals surface area (Å²) < 4.78 is 25.0. The molecule has 0 rings (SSSR count). The Labute approximate surface area is 65.6 Å². The molecule has 2 N–H and O–H groups in total. The first-order valence-electron chi connectivity index (χ1n) is 3.82. The highest BCUT2D eigenvalue weighted by Crippen LogP contribution is 2.15. The zero-order chi connectivity index (χ0) is 8.74. The van der Waals surface area contributed by atoms with Crippen LogP contribution in [0.2, 0.25) is 0 Å². The number of halogens is 2. The first-order valence-corrected chi connectivity index (χ1v) is 3.82. The van der Waals surface area contributed by atoms with E-state index >= 15 is 0 Å². The van der Waals surface area contributed by atoms with Crippen LogP contribution in [0, 0.1) is 0 Å². The molecule has 68 valence electrons. The van der Waals surface area contributed by atoms with Gasteiger partial charge in [0, 0.05) is 13.0 Å². The van der Waals surface area contributed by atoms with Crippen molar-refractivity contribution in [3.63, 3.8) is 0 Å². The van der Waals surface area contributed by atoms with Crippen molar-refractivity contribution in [3.8, 4) is 0 Å². The lowest BCUT2D eigenvalue weighted by atomic mass is 10.2. The average molecular weight is 167 g/mol. The molecule has 0 aliphatic rings. The molecule has 0 aromatic heterocycles. The van der Waals surface area contributed by atoms with Crippen molar-refractivity contribution in [1.29, 1.82) is 0 Å².